The van der Waals surface area contributed by atoms with Crippen LogP contribution >= 0.6 is 0 Å². The van der Waals surface area contributed by atoms with E-state index in [4.69, 9.17) is 9.15 Å². The topological polar surface area (TPSA) is 119 Å². The SMILES string of the molecule is CCOC(=O)Cn1nnnc1[C@@H](CC)N(Cc1ccco1)Cc1cc2cc(C)ccc2[nH]c1=O. The van der Waals surface area contributed by atoms with Crippen molar-refractivity contribution in [1.82, 2.24) is 30.1 Å². The number of hydrogen-bond acceptors (Lipinski definition) is 8. The van der Waals surface area contributed by atoms with Gasteiger partial charge in [-0.1, -0.05) is 18.6 Å². The van der Waals surface area contributed by atoms with Crippen molar-refractivity contribution in [2.45, 2.75) is 52.9 Å². The van der Waals surface area contributed by atoms with Crippen molar-refractivity contribution in [3.8, 4) is 0 Å². The number of nitrogens with zero attached hydrogens (tertiary/aromatic N) is 5. The van der Waals surface area contributed by atoms with Gasteiger partial charge in [0.05, 0.1) is 25.5 Å². The van der Waals surface area contributed by atoms with Gasteiger partial charge in [0.25, 0.3) is 5.56 Å². The summed E-state index contributed by atoms with van der Waals surface area (Å²) in [6.45, 7) is 6.75. The molecule has 0 radical (unpaired) electrons. The van der Waals surface area contributed by atoms with Gasteiger partial charge in [0.2, 0.25) is 0 Å². The summed E-state index contributed by atoms with van der Waals surface area (Å²) in [6, 6.07) is 11.3. The van der Waals surface area contributed by atoms with Crippen LogP contribution in [-0.2, 0) is 29.2 Å². The maximum Gasteiger partial charge on any atom is 0.327 e. The molecule has 10 nitrogen and oxygen atoms in total. The molecule has 178 valence electrons. The Morgan fingerprint density at radius 2 is 2.09 bits per heavy atom. The van der Waals surface area contributed by atoms with Crippen LogP contribution in [-0.4, -0.2) is 42.7 Å². The van der Waals surface area contributed by atoms with Crippen molar-refractivity contribution >= 4 is 16.9 Å². The zero-order chi connectivity index (χ0) is 24.1. The first-order chi connectivity index (χ1) is 16.5. The van der Waals surface area contributed by atoms with Crippen molar-refractivity contribution in [1.29, 1.82) is 0 Å². The van der Waals surface area contributed by atoms with Crippen molar-refractivity contribution < 1.29 is 13.9 Å². The van der Waals surface area contributed by atoms with Crippen LogP contribution in [0.2, 0.25) is 0 Å². The van der Waals surface area contributed by atoms with E-state index in [1.807, 2.05) is 50.2 Å². The number of pyridine rings is 1. The number of benzene rings is 1. The fraction of sp³-hybridized carbons (Fsp3) is 0.375. The third kappa shape index (κ3) is 5.23. The lowest BCUT2D eigenvalue weighted by atomic mass is 10.1. The van der Waals surface area contributed by atoms with Crippen molar-refractivity contribution in [2.24, 2.45) is 0 Å². The number of furan rings is 1. The molecule has 0 unspecified atom stereocenters. The lowest BCUT2D eigenvalue weighted by molar-refractivity contribution is -0.144. The Balaban J connectivity index is 1.70. The van der Waals surface area contributed by atoms with Crippen LogP contribution < -0.4 is 5.56 Å². The molecule has 3 aromatic heterocycles. The molecule has 0 aliphatic rings. The number of rotatable bonds is 10. The van der Waals surface area contributed by atoms with Crippen LogP contribution in [0, 0.1) is 6.92 Å². The Morgan fingerprint density at radius 1 is 1.24 bits per heavy atom. The molecule has 0 saturated carbocycles. The first-order valence-electron chi connectivity index (χ1n) is 11.3. The van der Waals surface area contributed by atoms with Gasteiger partial charge in [-0.05, 0) is 66.4 Å². The smallest absolute Gasteiger partial charge is 0.327 e. The van der Waals surface area contributed by atoms with Gasteiger partial charge < -0.3 is 14.1 Å². The summed E-state index contributed by atoms with van der Waals surface area (Å²) in [4.78, 5) is 30.1. The standard InChI is InChI=1S/C24H28N6O4/c1-4-21(23-26-27-28-30(23)15-22(31)33-5-2)29(14-19-7-6-10-34-19)13-18-12-17-11-16(3)8-9-20(17)25-24(18)32/h6-12,21H,4-5,13-15H2,1-3H3,(H,25,32)/t21-/m1/s1. The van der Waals surface area contributed by atoms with E-state index in [2.05, 4.69) is 25.4 Å². The van der Waals surface area contributed by atoms with Crippen LogP contribution in [0.5, 0.6) is 0 Å². The Hall–Kier alpha value is -3.79. The van der Waals surface area contributed by atoms with E-state index in [0.29, 0.717) is 30.9 Å². The van der Waals surface area contributed by atoms with Gasteiger partial charge in [-0.3, -0.25) is 14.5 Å². The summed E-state index contributed by atoms with van der Waals surface area (Å²) >= 11 is 0. The number of tetrazole rings is 1. The summed E-state index contributed by atoms with van der Waals surface area (Å²) in [6.07, 6.45) is 2.26. The molecule has 10 heteroatoms. The Labute approximate surface area is 196 Å². The van der Waals surface area contributed by atoms with Crippen LogP contribution in [0.25, 0.3) is 10.9 Å². The minimum Gasteiger partial charge on any atom is -0.468 e. The lowest BCUT2D eigenvalue weighted by Gasteiger charge is -2.29. The Morgan fingerprint density at radius 3 is 2.82 bits per heavy atom. The highest BCUT2D eigenvalue weighted by Crippen LogP contribution is 2.26. The molecule has 0 amide bonds. The molecule has 1 aromatic carbocycles. The number of ether oxygens (including phenoxy) is 1. The largest absolute Gasteiger partial charge is 0.468 e. The molecule has 0 aliphatic carbocycles. The number of esters is 1. The Kier molecular flexibility index (Phi) is 7.17. The maximum atomic E-state index is 12.9. The van der Waals surface area contributed by atoms with E-state index >= 15 is 0 Å². The predicted octanol–water partition coefficient (Wildman–Crippen LogP) is 3.13. The normalized spacial score (nSPS) is 12.4. The molecule has 0 spiro atoms. The summed E-state index contributed by atoms with van der Waals surface area (Å²) in [5, 5.41) is 13.0. The molecule has 4 aromatic rings. The number of H-pyrrole nitrogens is 1. The average Bonchev–Trinajstić information content (AvgIpc) is 3.48. The zero-order valence-corrected chi connectivity index (χ0v) is 19.5. The molecule has 3 heterocycles. The molecule has 0 saturated heterocycles. The van der Waals surface area contributed by atoms with E-state index in [1.165, 1.54) is 4.68 Å². The quantitative estimate of drug-likeness (QED) is 0.356. The highest BCUT2D eigenvalue weighted by Gasteiger charge is 2.27. The van der Waals surface area contributed by atoms with Gasteiger partial charge in [-0.2, -0.15) is 0 Å². The molecular weight excluding hydrogens is 436 g/mol. The van der Waals surface area contributed by atoms with E-state index in [1.54, 1.807) is 13.2 Å². The van der Waals surface area contributed by atoms with E-state index in [-0.39, 0.29) is 24.8 Å². The predicted molar refractivity (Wildman–Crippen MR) is 125 cm³/mol. The molecule has 34 heavy (non-hydrogen) atoms. The zero-order valence-electron chi connectivity index (χ0n) is 19.5. The molecule has 1 N–H and O–H groups in total. The fourth-order valence-electron chi connectivity index (χ4n) is 4.08. The van der Waals surface area contributed by atoms with Crippen molar-refractivity contribution in [3.05, 3.63) is 75.7 Å². The average molecular weight is 465 g/mol. The van der Waals surface area contributed by atoms with Crippen LogP contribution in [0.3, 0.4) is 0 Å². The lowest BCUT2D eigenvalue weighted by Crippen LogP contribution is -2.32. The van der Waals surface area contributed by atoms with E-state index in [9.17, 15) is 9.59 Å². The van der Waals surface area contributed by atoms with Gasteiger partial charge in [-0.25, -0.2) is 4.68 Å². The van der Waals surface area contributed by atoms with E-state index in [0.717, 1.165) is 22.2 Å². The first kappa shape index (κ1) is 23.4. The monoisotopic (exact) mass is 464 g/mol. The van der Waals surface area contributed by atoms with Crippen molar-refractivity contribution in [3.63, 3.8) is 0 Å². The number of fused-ring (bicyclic) bond motifs is 1. The highest BCUT2D eigenvalue weighted by atomic mass is 16.5. The Bertz CT molecular complexity index is 1310. The number of hydrogen-bond donors (Lipinski definition) is 1. The number of nitrogens with one attached hydrogen (secondary N) is 1. The summed E-state index contributed by atoms with van der Waals surface area (Å²) in [7, 11) is 0. The van der Waals surface area contributed by atoms with Crippen LogP contribution in [0.1, 0.15) is 49.0 Å². The molecule has 0 bridgehead atoms. The number of carbonyl (C=O) groups excluding carboxylic acids is 1. The van der Waals surface area contributed by atoms with Gasteiger partial charge in [0.1, 0.15) is 12.3 Å². The second kappa shape index (κ2) is 10.4. The molecule has 0 fully saturated rings. The first-order valence-corrected chi connectivity index (χ1v) is 11.3. The third-order valence-electron chi connectivity index (χ3n) is 5.66. The fourth-order valence-corrected chi connectivity index (χ4v) is 4.08. The van der Waals surface area contributed by atoms with Crippen LogP contribution in [0.15, 0.2) is 51.9 Å². The molecule has 1 atom stereocenters. The number of aromatic nitrogens is 5. The van der Waals surface area contributed by atoms with Gasteiger partial charge in [0, 0.05) is 17.6 Å². The minimum absolute atomic E-state index is 0.0862. The number of carbonyl (C=O) groups is 1. The second-order valence-electron chi connectivity index (χ2n) is 8.12. The second-order valence-corrected chi connectivity index (χ2v) is 8.12. The van der Waals surface area contributed by atoms with Gasteiger partial charge >= 0.3 is 5.97 Å². The van der Waals surface area contributed by atoms with Crippen LogP contribution in [0.4, 0.5) is 0 Å². The number of aryl methyl sites for hydroxylation is 1. The minimum atomic E-state index is -0.412. The maximum absolute atomic E-state index is 12.9. The highest BCUT2D eigenvalue weighted by molar-refractivity contribution is 5.79. The number of aromatic amines is 1. The third-order valence-corrected chi connectivity index (χ3v) is 5.66. The van der Waals surface area contributed by atoms with Gasteiger partial charge in [0.15, 0.2) is 5.82 Å². The summed E-state index contributed by atoms with van der Waals surface area (Å²) in [5.41, 5.74) is 2.37. The van der Waals surface area contributed by atoms with Crippen molar-refractivity contribution in [2.75, 3.05) is 6.61 Å². The molecular formula is C24H28N6O4. The molecule has 4 rings (SSSR count). The summed E-state index contributed by atoms with van der Waals surface area (Å²) < 4.78 is 12.1. The summed E-state index contributed by atoms with van der Waals surface area (Å²) in [5.74, 6) is 0.857. The molecule has 0 aliphatic heterocycles. The van der Waals surface area contributed by atoms with Gasteiger partial charge in [-0.15, -0.1) is 5.10 Å². The van der Waals surface area contributed by atoms with E-state index < -0.39 is 5.97 Å².